The van der Waals surface area contributed by atoms with Crippen LogP contribution in [0.3, 0.4) is 0 Å². The molecule has 2 atom stereocenters. The minimum atomic E-state index is -0.328. The van der Waals surface area contributed by atoms with E-state index in [9.17, 15) is 4.39 Å². The van der Waals surface area contributed by atoms with Gasteiger partial charge in [0.1, 0.15) is 0 Å². The second kappa shape index (κ2) is 4.39. The van der Waals surface area contributed by atoms with Gasteiger partial charge in [-0.3, -0.25) is 0 Å². The Hall–Kier alpha value is -1.13. The normalized spacial score (nSPS) is 26.0. The lowest BCUT2D eigenvalue weighted by molar-refractivity contribution is 0.384. The highest BCUT2D eigenvalue weighted by Gasteiger charge is 2.29. The Bertz CT molecular complexity index is 383. The summed E-state index contributed by atoms with van der Waals surface area (Å²) in [4.78, 5) is 2.19. The standard InChI is InChI=1S/C12H17FN2O/c1-15-6-9(11(14)7-15)8-3-4-10(13)12(5-8)16-2/h3-5,9,11H,6-7,14H2,1-2H3. The lowest BCUT2D eigenvalue weighted by atomic mass is 9.95. The molecular weight excluding hydrogens is 207 g/mol. The van der Waals surface area contributed by atoms with Gasteiger partial charge in [-0.25, -0.2) is 4.39 Å². The number of methoxy groups -OCH3 is 1. The Morgan fingerprint density at radius 1 is 1.44 bits per heavy atom. The summed E-state index contributed by atoms with van der Waals surface area (Å²) >= 11 is 0. The summed E-state index contributed by atoms with van der Waals surface area (Å²) in [6.07, 6.45) is 0. The van der Waals surface area contributed by atoms with Gasteiger partial charge in [-0.1, -0.05) is 6.07 Å². The Kier molecular flexibility index (Phi) is 3.12. The monoisotopic (exact) mass is 224 g/mol. The molecular formula is C12H17FN2O. The van der Waals surface area contributed by atoms with Crippen molar-refractivity contribution in [2.45, 2.75) is 12.0 Å². The lowest BCUT2D eigenvalue weighted by Gasteiger charge is -2.15. The number of nitrogens with two attached hydrogens (primary N) is 1. The maximum Gasteiger partial charge on any atom is 0.165 e. The van der Waals surface area contributed by atoms with Crippen LogP contribution in [-0.4, -0.2) is 38.2 Å². The summed E-state index contributed by atoms with van der Waals surface area (Å²) in [6.45, 7) is 1.79. The molecule has 0 aromatic heterocycles. The smallest absolute Gasteiger partial charge is 0.165 e. The number of hydrogen-bond acceptors (Lipinski definition) is 3. The Balaban J connectivity index is 2.27. The molecule has 2 N–H and O–H groups in total. The van der Waals surface area contributed by atoms with E-state index in [4.69, 9.17) is 10.5 Å². The van der Waals surface area contributed by atoms with E-state index in [1.165, 1.54) is 13.2 Å². The third-order valence-corrected chi connectivity index (χ3v) is 3.15. The maximum atomic E-state index is 13.3. The molecule has 0 aliphatic carbocycles. The van der Waals surface area contributed by atoms with Crippen LogP contribution in [0.15, 0.2) is 18.2 Å². The minimum Gasteiger partial charge on any atom is -0.494 e. The van der Waals surface area contributed by atoms with E-state index < -0.39 is 0 Å². The van der Waals surface area contributed by atoms with Crippen LogP contribution in [0.4, 0.5) is 4.39 Å². The molecule has 0 amide bonds. The lowest BCUT2D eigenvalue weighted by Crippen LogP contribution is -2.27. The average Bonchev–Trinajstić information content (AvgIpc) is 2.59. The van der Waals surface area contributed by atoms with Gasteiger partial charge in [0.05, 0.1) is 7.11 Å². The Labute approximate surface area is 95.0 Å². The van der Waals surface area contributed by atoms with E-state index in [1.807, 2.05) is 7.05 Å². The summed E-state index contributed by atoms with van der Waals surface area (Å²) < 4.78 is 18.2. The topological polar surface area (TPSA) is 38.5 Å². The second-order valence-corrected chi connectivity index (χ2v) is 4.39. The van der Waals surface area contributed by atoms with Gasteiger partial charge in [-0.05, 0) is 24.7 Å². The first-order chi connectivity index (χ1) is 7.61. The first kappa shape index (κ1) is 11.4. The van der Waals surface area contributed by atoms with Crippen molar-refractivity contribution >= 4 is 0 Å². The molecule has 16 heavy (non-hydrogen) atoms. The molecule has 2 rings (SSSR count). The van der Waals surface area contributed by atoms with Crippen molar-refractivity contribution in [3.05, 3.63) is 29.6 Å². The van der Waals surface area contributed by atoms with Gasteiger partial charge in [0, 0.05) is 25.0 Å². The Morgan fingerprint density at radius 2 is 2.19 bits per heavy atom. The SMILES string of the molecule is COc1cc(C2CN(C)CC2N)ccc1F. The van der Waals surface area contributed by atoms with Gasteiger partial charge in [0.15, 0.2) is 11.6 Å². The van der Waals surface area contributed by atoms with Crippen LogP contribution in [0, 0.1) is 5.82 Å². The van der Waals surface area contributed by atoms with Crippen molar-refractivity contribution in [2.24, 2.45) is 5.73 Å². The van der Waals surface area contributed by atoms with E-state index >= 15 is 0 Å². The highest BCUT2D eigenvalue weighted by Crippen LogP contribution is 2.29. The van der Waals surface area contributed by atoms with Crippen molar-refractivity contribution in [3.8, 4) is 5.75 Å². The fourth-order valence-corrected chi connectivity index (χ4v) is 2.29. The van der Waals surface area contributed by atoms with Crippen LogP contribution in [0.2, 0.25) is 0 Å². The van der Waals surface area contributed by atoms with Crippen LogP contribution in [-0.2, 0) is 0 Å². The zero-order valence-corrected chi connectivity index (χ0v) is 9.61. The predicted octanol–water partition coefficient (Wildman–Crippen LogP) is 1.19. The number of likely N-dealkylation sites (N-methyl/N-ethyl adjacent to an activating group) is 1. The second-order valence-electron chi connectivity index (χ2n) is 4.39. The fourth-order valence-electron chi connectivity index (χ4n) is 2.29. The average molecular weight is 224 g/mol. The third kappa shape index (κ3) is 2.03. The van der Waals surface area contributed by atoms with E-state index in [1.54, 1.807) is 12.1 Å². The Morgan fingerprint density at radius 3 is 2.75 bits per heavy atom. The summed E-state index contributed by atoms with van der Waals surface area (Å²) in [5.41, 5.74) is 7.11. The van der Waals surface area contributed by atoms with Gasteiger partial charge in [0.2, 0.25) is 0 Å². The van der Waals surface area contributed by atoms with E-state index in [2.05, 4.69) is 4.90 Å². The summed E-state index contributed by atoms with van der Waals surface area (Å²) in [5, 5.41) is 0. The molecule has 0 radical (unpaired) electrons. The molecule has 0 spiro atoms. The zero-order chi connectivity index (χ0) is 11.7. The largest absolute Gasteiger partial charge is 0.494 e. The van der Waals surface area contributed by atoms with Crippen molar-refractivity contribution in [1.82, 2.24) is 4.90 Å². The fraction of sp³-hybridized carbons (Fsp3) is 0.500. The molecule has 1 aliphatic rings. The molecule has 0 saturated carbocycles. The van der Waals surface area contributed by atoms with Crippen molar-refractivity contribution in [2.75, 3.05) is 27.2 Å². The first-order valence-electron chi connectivity index (χ1n) is 5.39. The van der Waals surface area contributed by atoms with E-state index in [-0.39, 0.29) is 17.8 Å². The van der Waals surface area contributed by atoms with Crippen molar-refractivity contribution in [3.63, 3.8) is 0 Å². The van der Waals surface area contributed by atoms with Crippen LogP contribution in [0.5, 0.6) is 5.75 Å². The molecule has 1 aliphatic heterocycles. The first-order valence-corrected chi connectivity index (χ1v) is 5.39. The molecule has 1 aromatic rings. The van der Waals surface area contributed by atoms with Gasteiger partial charge in [0.25, 0.3) is 0 Å². The molecule has 4 heteroatoms. The van der Waals surface area contributed by atoms with Crippen LogP contribution < -0.4 is 10.5 Å². The summed E-state index contributed by atoms with van der Waals surface area (Å²) in [7, 11) is 3.52. The number of rotatable bonds is 2. The minimum absolute atomic E-state index is 0.111. The molecule has 0 bridgehead atoms. The molecule has 1 fully saturated rings. The van der Waals surface area contributed by atoms with Crippen molar-refractivity contribution in [1.29, 1.82) is 0 Å². The van der Waals surface area contributed by atoms with Crippen molar-refractivity contribution < 1.29 is 9.13 Å². The molecule has 1 saturated heterocycles. The van der Waals surface area contributed by atoms with Gasteiger partial charge in [-0.2, -0.15) is 0 Å². The number of halogens is 1. The van der Waals surface area contributed by atoms with Crippen LogP contribution in [0.25, 0.3) is 0 Å². The zero-order valence-electron chi connectivity index (χ0n) is 9.61. The van der Waals surface area contributed by atoms with Gasteiger partial charge < -0.3 is 15.4 Å². The van der Waals surface area contributed by atoms with E-state index in [0.717, 1.165) is 18.7 Å². The number of nitrogens with zero attached hydrogens (tertiary/aromatic N) is 1. The molecule has 88 valence electrons. The summed E-state index contributed by atoms with van der Waals surface area (Å²) in [5.74, 6) is 0.227. The maximum absolute atomic E-state index is 13.3. The molecule has 2 unspecified atom stereocenters. The number of ether oxygens (including phenoxy) is 1. The highest BCUT2D eigenvalue weighted by molar-refractivity contribution is 5.34. The highest BCUT2D eigenvalue weighted by atomic mass is 19.1. The predicted molar refractivity (Wildman–Crippen MR) is 61.2 cm³/mol. The van der Waals surface area contributed by atoms with Gasteiger partial charge in [-0.15, -0.1) is 0 Å². The number of benzene rings is 1. The number of hydrogen-bond donors (Lipinski definition) is 1. The van der Waals surface area contributed by atoms with E-state index in [0.29, 0.717) is 5.75 Å². The van der Waals surface area contributed by atoms with Crippen LogP contribution >= 0.6 is 0 Å². The molecule has 1 aromatic carbocycles. The summed E-state index contributed by atoms with van der Waals surface area (Å²) in [6, 6.07) is 5.10. The van der Waals surface area contributed by atoms with Gasteiger partial charge >= 0.3 is 0 Å². The molecule has 3 nitrogen and oxygen atoms in total. The van der Waals surface area contributed by atoms with Crippen LogP contribution in [0.1, 0.15) is 11.5 Å². The third-order valence-electron chi connectivity index (χ3n) is 3.15. The number of likely N-dealkylation sites (tertiary alicyclic amines) is 1. The quantitative estimate of drug-likeness (QED) is 0.820. The molecule has 1 heterocycles.